The van der Waals surface area contributed by atoms with Crippen LogP contribution in [0.1, 0.15) is 0 Å². The van der Waals surface area contributed by atoms with Crippen molar-refractivity contribution in [3.8, 4) is 0 Å². The summed E-state index contributed by atoms with van der Waals surface area (Å²) in [4.78, 5) is 0. The lowest BCUT2D eigenvalue weighted by Crippen LogP contribution is -2.18. The Bertz CT molecular complexity index is 525. The molecule has 0 spiro atoms. The van der Waals surface area contributed by atoms with Crippen LogP contribution < -0.4 is 16.4 Å². The number of likely N-dealkylation sites (N-methyl/N-ethyl adjacent to an activating group) is 1. The van der Waals surface area contributed by atoms with Crippen LogP contribution in [0, 0.1) is 0 Å². The molecule has 0 aliphatic heterocycles. The minimum Gasteiger partial charge on any atom is -0.398 e. The Balaban J connectivity index is 2.46. The van der Waals surface area contributed by atoms with Gasteiger partial charge < -0.3 is 16.4 Å². The van der Waals surface area contributed by atoms with Gasteiger partial charge in [-0.25, -0.2) is 0 Å². The summed E-state index contributed by atoms with van der Waals surface area (Å²) in [5.41, 5.74) is 7.62. The molecular weight excluding hydrogens is 234 g/mol. The van der Waals surface area contributed by atoms with Crippen LogP contribution in [0.25, 0.3) is 10.8 Å². The lowest BCUT2D eigenvalue weighted by molar-refractivity contribution is 0.824. The molecule has 90 valence electrons. The first-order valence-electron chi connectivity index (χ1n) is 5.59. The molecule has 2 rings (SSSR count). The van der Waals surface area contributed by atoms with Crippen LogP contribution in [0.4, 0.5) is 11.4 Å². The third-order valence-corrected chi connectivity index (χ3v) is 3.00. The molecule has 0 saturated heterocycles. The van der Waals surface area contributed by atoms with Crippen LogP contribution in [0.2, 0.25) is 5.02 Å². The molecule has 0 aliphatic rings. The zero-order valence-electron chi connectivity index (χ0n) is 9.76. The number of halogens is 1. The highest BCUT2D eigenvalue weighted by molar-refractivity contribution is 6.35. The second-order valence-corrected chi connectivity index (χ2v) is 4.31. The Labute approximate surface area is 106 Å². The molecule has 0 atom stereocenters. The Morgan fingerprint density at radius 2 is 1.88 bits per heavy atom. The fourth-order valence-electron chi connectivity index (χ4n) is 1.86. The van der Waals surface area contributed by atoms with Gasteiger partial charge in [0.2, 0.25) is 0 Å². The molecule has 2 aromatic rings. The molecule has 0 aliphatic carbocycles. The first kappa shape index (κ1) is 12.0. The van der Waals surface area contributed by atoms with E-state index in [-0.39, 0.29) is 0 Å². The highest BCUT2D eigenvalue weighted by Crippen LogP contribution is 2.34. The van der Waals surface area contributed by atoms with Crippen LogP contribution in [-0.2, 0) is 0 Å². The van der Waals surface area contributed by atoms with Crippen LogP contribution in [0.15, 0.2) is 30.3 Å². The summed E-state index contributed by atoms with van der Waals surface area (Å²) in [6, 6.07) is 9.79. The number of anilines is 2. The fraction of sp³-hybridized carbons (Fsp3) is 0.231. The van der Waals surface area contributed by atoms with Gasteiger partial charge in [-0.05, 0) is 13.1 Å². The van der Waals surface area contributed by atoms with Gasteiger partial charge in [-0.15, -0.1) is 0 Å². The van der Waals surface area contributed by atoms with Gasteiger partial charge in [0, 0.05) is 29.5 Å². The molecule has 0 radical (unpaired) electrons. The van der Waals surface area contributed by atoms with Crippen molar-refractivity contribution in [1.29, 1.82) is 0 Å². The summed E-state index contributed by atoms with van der Waals surface area (Å²) in [7, 11) is 1.92. The van der Waals surface area contributed by atoms with Crippen molar-refractivity contribution in [1.82, 2.24) is 5.32 Å². The zero-order valence-corrected chi connectivity index (χ0v) is 10.5. The standard InChI is InChI=1S/C13H16ClN3/c1-16-6-7-17-13-10-5-3-2-4-9(10)12(15)8-11(13)14/h2-5,8,16-17H,6-7,15H2,1H3. The van der Waals surface area contributed by atoms with Crippen molar-refractivity contribution in [2.45, 2.75) is 0 Å². The third-order valence-electron chi connectivity index (χ3n) is 2.71. The minimum atomic E-state index is 0.664. The number of nitrogens with one attached hydrogen (secondary N) is 2. The number of nitrogens with two attached hydrogens (primary N) is 1. The Kier molecular flexibility index (Phi) is 3.71. The number of fused-ring (bicyclic) bond motifs is 1. The number of benzene rings is 2. The lowest BCUT2D eigenvalue weighted by Gasteiger charge is -2.13. The molecule has 0 fully saturated rings. The second kappa shape index (κ2) is 5.25. The lowest BCUT2D eigenvalue weighted by atomic mass is 10.1. The molecule has 0 saturated carbocycles. The molecule has 4 heteroatoms. The number of hydrogen-bond acceptors (Lipinski definition) is 3. The maximum atomic E-state index is 6.22. The number of rotatable bonds is 4. The molecule has 0 amide bonds. The molecule has 4 N–H and O–H groups in total. The van der Waals surface area contributed by atoms with E-state index < -0.39 is 0 Å². The molecule has 17 heavy (non-hydrogen) atoms. The van der Waals surface area contributed by atoms with Gasteiger partial charge >= 0.3 is 0 Å². The number of hydrogen-bond donors (Lipinski definition) is 3. The van der Waals surface area contributed by atoms with Gasteiger partial charge in [0.1, 0.15) is 0 Å². The van der Waals surface area contributed by atoms with Crippen molar-refractivity contribution in [3.63, 3.8) is 0 Å². The monoisotopic (exact) mass is 249 g/mol. The van der Waals surface area contributed by atoms with Gasteiger partial charge in [-0.2, -0.15) is 0 Å². The van der Waals surface area contributed by atoms with E-state index in [0.717, 1.165) is 29.5 Å². The highest BCUT2D eigenvalue weighted by atomic mass is 35.5. The molecule has 0 bridgehead atoms. The van der Waals surface area contributed by atoms with E-state index in [4.69, 9.17) is 17.3 Å². The van der Waals surface area contributed by atoms with Crippen LogP contribution >= 0.6 is 11.6 Å². The average Bonchev–Trinajstić information content (AvgIpc) is 2.33. The zero-order chi connectivity index (χ0) is 12.3. The first-order chi connectivity index (χ1) is 8.24. The number of nitrogen functional groups attached to an aromatic ring is 1. The summed E-state index contributed by atoms with van der Waals surface area (Å²) >= 11 is 6.22. The van der Waals surface area contributed by atoms with Gasteiger partial charge in [0.05, 0.1) is 10.7 Å². The van der Waals surface area contributed by atoms with Gasteiger partial charge in [0.15, 0.2) is 0 Å². The van der Waals surface area contributed by atoms with Crippen LogP contribution in [0.5, 0.6) is 0 Å². The normalized spacial score (nSPS) is 10.7. The minimum absolute atomic E-state index is 0.664. The maximum absolute atomic E-state index is 6.22. The van der Waals surface area contributed by atoms with E-state index in [1.807, 2.05) is 31.3 Å². The van der Waals surface area contributed by atoms with E-state index in [9.17, 15) is 0 Å². The molecule has 0 heterocycles. The summed E-state index contributed by atoms with van der Waals surface area (Å²) in [6.07, 6.45) is 0. The average molecular weight is 250 g/mol. The Morgan fingerprint density at radius 1 is 1.18 bits per heavy atom. The van der Waals surface area contributed by atoms with Gasteiger partial charge in [0.25, 0.3) is 0 Å². The summed E-state index contributed by atoms with van der Waals surface area (Å²) in [5, 5.41) is 9.18. The van der Waals surface area contributed by atoms with Crippen molar-refractivity contribution < 1.29 is 0 Å². The molecule has 0 unspecified atom stereocenters. The van der Waals surface area contributed by atoms with Crippen molar-refractivity contribution >= 4 is 33.7 Å². The highest BCUT2D eigenvalue weighted by Gasteiger charge is 2.08. The van der Waals surface area contributed by atoms with Crippen molar-refractivity contribution in [3.05, 3.63) is 35.4 Å². The smallest absolute Gasteiger partial charge is 0.0664 e. The summed E-state index contributed by atoms with van der Waals surface area (Å²) < 4.78 is 0. The van der Waals surface area contributed by atoms with E-state index >= 15 is 0 Å². The quantitative estimate of drug-likeness (QED) is 0.577. The molecular formula is C13H16ClN3. The Hall–Kier alpha value is -1.45. The van der Waals surface area contributed by atoms with Crippen LogP contribution in [0.3, 0.4) is 0 Å². The summed E-state index contributed by atoms with van der Waals surface area (Å²) in [5.74, 6) is 0. The summed E-state index contributed by atoms with van der Waals surface area (Å²) in [6.45, 7) is 1.71. The largest absolute Gasteiger partial charge is 0.398 e. The Morgan fingerprint density at radius 3 is 2.59 bits per heavy atom. The predicted octanol–water partition coefficient (Wildman–Crippen LogP) is 2.71. The topological polar surface area (TPSA) is 50.1 Å². The van der Waals surface area contributed by atoms with Crippen molar-refractivity contribution in [2.24, 2.45) is 0 Å². The SMILES string of the molecule is CNCCNc1c(Cl)cc(N)c2ccccc12. The first-order valence-corrected chi connectivity index (χ1v) is 5.97. The molecule has 2 aromatic carbocycles. The second-order valence-electron chi connectivity index (χ2n) is 3.90. The fourth-order valence-corrected chi connectivity index (χ4v) is 2.15. The van der Waals surface area contributed by atoms with E-state index in [0.29, 0.717) is 10.7 Å². The van der Waals surface area contributed by atoms with Crippen molar-refractivity contribution in [2.75, 3.05) is 31.2 Å². The van der Waals surface area contributed by atoms with Crippen LogP contribution in [-0.4, -0.2) is 20.1 Å². The third kappa shape index (κ3) is 2.46. The van der Waals surface area contributed by atoms with E-state index in [2.05, 4.69) is 10.6 Å². The predicted molar refractivity (Wildman–Crippen MR) is 75.8 cm³/mol. The van der Waals surface area contributed by atoms with E-state index in [1.165, 1.54) is 0 Å². The molecule has 3 nitrogen and oxygen atoms in total. The van der Waals surface area contributed by atoms with E-state index in [1.54, 1.807) is 6.07 Å². The van der Waals surface area contributed by atoms with Gasteiger partial charge in [-0.1, -0.05) is 35.9 Å². The van der Waals surface area contributed by atoms with Gasteiger partial charge in [-0.3, -0.25) is 0 Å². The molecule has 0 aromatic heterocycles. The maximum Gasteiger partial charge on any atom is 0.0664 e.